The normalized spacial score (nSPS) is 9.88. The molecule has 124 valence electrons. The van der Waals surface area contributed by atoms with Crippen LogP contribution < -0.4 is 16.0 Å². The number of anilines is 2. The van der Waals surface area contributed by atoms with Crippen molar-refractivity contribution >= 4 is 17.7 Å². The van der Waals surface area contributed by atoms with Crippen LogP contribution in [0.2, 0.25) is 0 Å². The molecule has 0 aliphatic heterocycles. The maximum absolute atomic E-state index is 12.0. The van der Waals surface area contributed by atoms with Crippen molar-refractivity contribution in [2.24, 2.45) is 0 Å². The van der Waals surface area contributed by atoms with Gasteiger partial charge in [0.1, 0.15) is 5.82 Å². The minimum Gasteiger partial charge on any atom is -0.368 e. The third-order valence-corrected chi connectivity index (χ3v) is 3.16. The maximum atomic E-state index is 12.0. The Bertz CT molecular complexity index is 753. The highest BCUT2D eigenvalue weighted by Gasteiger charge is 2.06. The van der Waals surface area contributed by atoms with E-state index in [0.29, 0.717) is 36.0 Å². The van der Waals surface area contributed by atoms with Crippen LogP contribution in [-0.2, 0) is 0 Å². The topological polar surface area (TPSA) is 103 Å². The minimum absolute atomic E-state index is 0.207. The van der Waals surface area contributed by atoms with Gasteiger partial charge in [-0.3, -0.25) is 4.79 Å². The number of hydrogen-bond donors (Lipinski definition) is 3. The van der Waals surface area contributed by atoms with Crippen molar-refractivity contribution in [3.05, 3.63) is 47.2 Å². The fourth-order valence-electron chi connectivity index (χ4n) is 2.09. The Balaban J connectivity index is 1.84. The van der Waals surface area contributed by atoms with Crippen molar-refractivity contribution < 1.29 is 4.79 Å². The molecule has 7 heteroatoms. The van der Waals surface area contributed by atoms with Gasteiger partial charge < -0.3 is 16.0 Å². The first-order valence-corrected chi connectivity index (χ1v) is 7.74. The highest BCUT2D eigenvalue weighted by molar-refractivity contribution is 5.94. The molecule has 7 nitrogen and oxygen atoms in total. The second-order valence-electron chi connectivity index (χ2n) is 5.12. The highest BCUT2D eigenvalue weighted by Crippen LogP contribution is 2.09. The Morgan fingerprint density at radius 1 is 1.21 bits per heavy atom. The van der Waals surface area contributed by atoms with Gasteiger partial charge in [-0.2, -0.15) is 10.2 Å². The summed E-state index contributed by atoms with van der Waals surface area (Å²) in [5, 5.41) is 17.9. The molecule has 0 saturated carbocycles. The molecule has 2 aromatic rings. The van der Waals surface area contributed by atoms with E-state index in [1.165, 1.54) is 0 Å². The van der Waals surface area contributed by atoms with Crippen molar-refractivity contribution in [1.29, 1.82) is 5.26 Å². The number of benzene rings is 1. The summed E-state index contributed by atoms with van der Waals surface area (Å²) in [6.07, 6.45) is 0. The van der Waals surface area contributed by atoms with E-state index in [0.717, 1.165) is 12.2 Å². The van der Waals surface area contributed by atoms with Crippen molar-refractivity contribution in [2.45, 2.75) is 13.8 Å². The van der Waals surface area contributed by atoms with Crippen LogP contribution in [0.3, 0.4) is 0 Å². The van der Waals surface area contributed by atoms with Crippen LogP contribution in [-0.4, -0.2) is 35.5 Å². The Morgan fingerprint density at radius 3 is 2.79 bits per heavy atom. The summed E-state index contributed by atoms with van der Waals surface area (Å²) < 4.78 is 0. The first-order chi connectivity index (χ1) is 11.6. The summed E-state index contributed by atoms with van der Waals surface area (Å²) in [5.74, 6) is 1.08. The lowest BCUT2D eigenvalue weighted by atomic mass is 10.1. The van der Waals surface area contributed by atoms with Gasteiger partial charge in [0.25, 0.3) is 5.91 Å². The van der Waals surface area contributed by atoms with Crippen molar-refractivity contribution in [2.75, 3.05) is 30.3 Å². The molecular formula is C17H20N6O. The molecule has 0 spiro atoms. The van der Waals surface area contributed by atoms with Gasteiger partial charge in [0.15, 0.2) is 0 Å². The number of hydrogen-bond acceptors (Lipinski definition) is 6. The summed E-state index contributed by atoms with van der Waals surface area (Å²) in [6, 6.07) is 10.5. The molecule has 3 N–H and O–H groups in total. The number of nitrogens with one attached hydrogen (secondary N) is 3. The van der Waals surface area contributed by atoms with E-state index >= 15 is 0 Å². The number of carbonyl (C=O) groups excluding carboxylic acids is 1. The molecule has 1 aromatic carbocycles. The predicted octanol–water partition coefficient (Wildman–Crippen LogP) is 1.93. The molecule has 1 heterocycles. The van der Waals surface area contributed by atoms with Crippen LogP contribution >= 0.6 is 0 Å². The molecule has 1 amide bonds. The van der Waals surface area contributed by atoms with Crippen molar-refractivity contribution in [3.8, 4) is 6.07 Å². The molecule has 0 unspecified atom stereocenters. The van der Waals surface area contributed by atoms with Crippen LogP contribution in [0.4, 0.5) is 11.8 Å². The largest absolute Gasteiger partial charge is 0.368 e. The number of aromatic nitrogens is 2. The maximum Gasteiger partial charge on any atom is 0.251 e. The summed E-state index contributed by atoms with van der Waals surface area (Å²) in [4.78, 5) is 20.7. The molecule has 2 rings (SSSR count). The zero-order chi connectivity index (χ0) is 17.4. The number of carbonyl (C=O) groups is 1. The third-order valence-electron chi connectivity index (χ3n) is 3.16. The highest BCUT2D eigenvalue weighted by atomic mass is 16.1. The van der Waals surface area contributed by atoms with E-state index in [1.807, 2.05) is 26.0 Å². The van der Waals surface area contributed by atoms with Gasteiger partial charge in [0.05, 0.1) is 11.6 Å². The van der Waals surface area contributed by atoms with Crippen LogP contribution in [0.25, 0.3) is 0 Å². The van der Waals surface area contributed by atoms with Gasteiger partial charge in [-0.15, -0.1) is 0 Å². The van der Waals surface area contributed by atoms with Gasteiger partial charge >= 0.3 is 0 Å². The summed E-state index contributed by atoms with van der Waals surface area (Å²) in [6.45, 7) is 5.61. The smallest absolute Gasteiger partial charge is 0.251 e. The molecule has 0 fully saturated rings. The summed E-state index contributed by atoms with van der Waals surface area (Å²) >= 11 is 0. The van der Waals surface area contributed by atoms with E-state index in [4.69, 9.17) is 5.26 Å². The number of rotatable bonds is 7. The Kier molecular flexibility index (Phi) is 6.08. The van der Waals surface area contributed by atoms with Gasteiger partial charge in [0, 0.05) is 37.0 Å². The van der Waals surface area contributed by atoms with Crippen LogP contribution in [0.5, 0.6) is 0 Å². The molecule has 0 aliphatic carbocycles. The number of nitriles is 1. The fraction of sp³-hybridized carbons (Fsp3) is 0.294. The van der Waals surface area contributed by atoms with E-state index in [-0.39, 0.29) is 5.91 Å². The molecule has 0 radical (unpaired) electrons. The lowest BCUT2D eigenvalue weighted by molar-refractivity contribution is 0.0955. The molecular weight excluding hydrogens is 304 g/mol. The standard InChI is InChI=1S/C17H20N6O/c1-3-19-17-22-12(2)9-15(23-17)20-7-8-21-16(24)14-6-4-5-13(10-14)11-18/h4-6,9-10H,3,7-8H2,1-2H3,(H,21,24)(H2,19,20,22,23). The van der Waals surface area contributed by atoms with Crippen LogP contribution in [0.15, 0.2) is 30.3 Å². The first kappa shape index (κ1) is 17.2. The number of nitrogens with zero attached hydrogens (tertiary/aromatic N) is 3. The first-order valence-electron chi connectivity index (χ1n) is 7.74. The van der Waals surface area contributed by atoms with Crippen LogP contribution in [0.1, 0.15) is 28.5 Å². The summed E-state index contributed by atoms with van der Waals surface area (Å²) in [7, 11) is 0. The average molecular weight is 324 g/mol. The number of aryl methyl sites for hydroxylation is 1. The lowest BCUT2D eigenvalue weighted by Crippen LogP contribution is -2.29. The molecule has 0 aliphatic rings. The quantitative estimate of drug-likeness (QED) is 0.673. The second-order valence-corrected chi connectivity index (χ2v) is 5.12. The zero-order valence-corrected chi connectivity index (χ0v) is 13.8. The van der Waals surface area contributed by atoms with Crippen molar-refractivity contribution in [3.63, 3.8) is 0 Å². The van der Waals surface area contributed by atoms with Gasteiger partial charge in [-0.1, -0.05) is 6.07 Å². The van der Waals surface area contributed by atoms with E-state index in [9.17, 15) is 4.79 Å². The fourth-order valence-corrected chi connectivity index (χ4v) is 2.09. The lowest BCUT2D eigenvalue weighted by Gasteiger charge is -2.10. The zero-order valence-electron chi connectivity index (χ0n) is 13.8. The predicted molar refractivity (Wildman–Crippen MR) is 92.9 cm³/mol. The summed E-state index contributed by atoms with van der Waals surface area (Å²) in [5.41, 5.74) is 1.80. The van der Waals surface area contributed by atoms with Gasteiger partial charge in [-0.25, -0.2) is 4.98 Å². The molecule has 24 heavy (non-hydrogen) atoms. The van der Waals surface area contributed by atoms with Crippen LogP contribution in [0, 0.1) is 18.3 Å². The average Bonchev–Trinajstić information content (AvgIpc) is 2.58. The van der Waals surface area contributed by atoms with Gasteiger partial charge in [-0.05, 0) is 32.0 Å². The minimum atomic E-state index is -0.207. The van der Waals surface area contributed by atoms with E-state index in [1.54, 1.807) is 24.3 Å². The Hall–Kier alpha value is -3.14. The monoisotopic (exact) mass is 324 g/mol. The molecule has 0 atom stereocenters. The second kappa shape index (κ2) is 8.48. The molecule has 0 saturated heterocycles. The van der Waals surface area contributed by atoms with Crippen molar-refractivity contribution in [1.82, 2.24) is 15.3 Å². The SMILES string of the molecule is CCNc1nc(C)cc(NCCNC(=O)c2cccc(C#N)c2)n1. The molecule has 0 bridgehead atoms. The van der Waals surface area contributed by atoms with E-state index in [2.05, 4.69) is 25.9 Å². The Labute approximate surface area is 141 Å². The molecule has 1 aromatic heterocycles. The number of amides is 1. The third kappa shape index (κ3) is 4.95. The van der Waals surface area contributed by atoms with Gasteiger partial charge in [0.2, 0.25) is 5.95 Å². The Morgan fingerprint density at radius 2 is 2.04 bits per heavy atom. The van der Waals surface area contributed by atoms with E-state index < -0.39 is 0 Å².